The summed E-state index contributed by atoms with van der Waals surface area (Å²) in [6.07, 6.45) is 27.5. The number of hydrogen-bond donors (Lipinski definition) is 0. The van der Waals surface area contributed by atoms with Gasteiger partial charge < -0.3 is 4.42 Å². The van der Waals surface area contributed by atoms with Crippen LogP contribution in [0.5, 0.6) is 0 Å². The minimum absolute atomic E-state index is 1.11. The maximum Gasteiger partial charge on any atom is 0.104 e. The fraction of sp³-hybridized carbons (Fsp3) is 0.692. The summed E-state index contributed by atoms with van der Waals surface area (Å²) >= 11 is 0. The van der Waals surface area contributed by atoms with Gasteiger partial charge in [-0.25, -0.2) is 0 Å². The highest BCUT2D eigenvalue weighted by atomic mass is 16.3. The van der Waals surface area contributed by atoms with Crippen LogP contribution in [0, 0.1) is 0 Å². The lowest BCUT2D eigenvalue weighted by Crippen LogP contribution is -1.86. The van der Waals surface area contributed by atoms with Crippen LogP contribution in [-0.4, -0.2) is 0 Å². The summed E-state index contributed by atoms with van der Waals surface area (Å²) < 4.78 is 6.01. The second-order valence-corrected chi connectivity index (χ2v) is 7.97. The van der Waals surface area contributed by atoms with E-state index < -0.39 is 0 Å². The molecule has 1 heterocycles. The number of aryl methyl sites for hydroxylation is 2. The fourth-order valence-electron chi connectivity index (χ4n) is 3.63. The highest BCUT2D eigenvalue weighted by Gasteiger charge is 2.02. The Labute approximate surface area is 169 Å². The van der Waals surface area contributed by atoms with Crippen LogP contribution < -0.4 is 0 Å². The Morgan fingerprint density at radius 3 is 1.22 bits per heavy atom. The van der Waals surface area contributed by atoms with E-state index in [1.807, 2.05) is 12.2 Å². The number of unbranched alkanes of at least 4 members (excludes halogenated alkanes) is 14. The fourth-order valence-corrected chi connectivity index (χ4v) is 3.63. The van der Waals surface area contributed by atoms with Crippen molar-refractivity contribution in [3.8, 4) is 0 Å². The van der Waals surface area contributed by atoms with Crippen molar-refractivity contribution >= 4 is 0 Å². The average Bonchev–Trinajstić information content (AvgIpc) is 3.13. The summed E-state index contributed by atoms with van der Waals surface area (Å²) in [6, 6.07) is 4.40. The predicted molar refractivity (Wildman–Crippen MR) is 120 cm³/mol. The standard InChI is InChI=1S/C26H44O/c1-3-5-7-9-11-13-15-17-19-21-25-23-24-26(27-25)22-20-18-16-14-12-10-8-6-4-2/h3-4,23-24H,1-2,5-22H2. The molecule has 0 atom stereocenters. The summed E-state index contributed by atoms with van der Waals surface area (Å²) in [5.41, 5.74) is 0. The molecule has 27 heavy (non-hydrogen) atoms. The van der Waals surface area contributed by atoms with E-state index in [0.717, 1.165) is 12.8 Å². The molecule has 0 aliphatic rings. The van der Waals surface area contributed by atoms with E-state index in [0.29, 0.717) is 0 Å². The van der Waals surface area contributed by atoms with Crippen LogP contribution in [-0.2, 0) is 12.8 Å². The summed E-state index contributed by atoms with van der Waals surface area (Å²) in [5.74, 6) is 2.39. The molecule has 1 nitrogen and oxygen atoms in total. The number of furan rings is 1. The van der Waals surface area contributed by atoms with Crippen LogP contribution in [0.2, 0.25) is 0 Å². The highest BCUT2D eigenvalue weighted by molar-refractivity contribution is 5.07. The molecule has 0 N–H and O–H groups in total. The minimum Gasteiger partial charge on any atom is -0.466 e. The van der Waals surface area contributed by atoms with Gasteiger partial charge in [-0.2, -0.15) is 0 Å². The first-order valence-corrected chi connectivity index (χ1v) is 11.7. The Balaban J connectivity index is 1.92. The first-order valence-electron chi connectivity index (χ1n) is 11.7. The van der Waals surface area contributed by atoms with Gasteiger partial charge in [0.1, 0.15) is 11.5 Å². The van der Waals surface area contributed by atoms with Crippen molar-refractivity contribution in [1.29, 1.82) is 0 Å². The molecular weight excluding hydrogens is 328 g/mol. The van der Waals surface area contributed by atoms with Gasteiger partial charge in [0, 0.05) is 12.8 Å². The predicted octanol–water partition coefficient (Wildman–Crippen LogP) is 8.98. The molecule has 1 rings (SSSR count). The average molecular weight is 373 g/mol. The summed E-state index contributed by atoms with van der Waals surface area (Å²) in [6.45, 7) is 7.55. The van der Waals surface area contributed by atoms with E-state index in [2.05, 4.69) is 25.3 Å². The molecule has 0 radical (unpaired) electrons. The van der Waals surface area contributed by atoms with Gasteiger partial charge in [-0.3, -0.25) is 0 Å². The van der Waals surface area contributed by atoms with Crippen molar-refractivity contribution in [2.45, 2.75) is 116 Å². The van der Waals surface area contributed by atoms with Crippen LogP contribution >= 0.6 is 0 Å². The van der Waals surface area contributed by atoms with Gasteiger partial charge in [0.2, 0.25) is 0 Å². The zero-order valence-electron chi connectivity index (χ0n) is 17.9. The van der Waals surface area contributed by atoms with Gasteiger partial charge in [-0.15, -0.1) is 13.2 Å². The minimum atomic E-state index is 1.11. The smallest absolute Gasteiger partial charge is 0.104 e. The Bertz CT molecular complexity index is 416. The molecule has 0 amide bonds. The third-order valence-electron chi connectivity index (χ3n) is 5.38. The van der Waals surface area contributed by atoms with Crippen molar-refractivity contribution < 1.29 is 4.42 Å². The Hall–Kier alpha value is -1.24. The molecule has 0 fully saturated rings. The van der Waals surface area contributed by atoms with Gasteiger partial charge >= 0.3 is 0 Å². The van der Waals surface area contributed by atoms with Gasteiger partial charge in [-0.1, -0.05) is 76.4 Å². The first kappa shape index (κ1) is 23.8. The molecule has 1 aromatic heterocycles. The number of rotatable bonds is 20. The monoisotopic (exact) mass is 372 g/mol. The Morgan fingerprint density at radius 1 is 0.519 bits per heavy atom. The molecule has 0 spiro atoms. The second-order valence-electron chi connectivity index (χ2n) is 7.97. The maximum absolute atomic E-state index is 6.01. The molecule has 154 valence electrons. The molecule has 0 bridgehead atoms. The van der Waals surface area contributed by atoms with E-state index in [4.69, 9.17) is 4.42 Å². The lowest BCUT2D eigenvalue weighted by atomic mass is 10.1. The number of allylic oxidation sites excluding steroid dienone is 2. The van der Waals surface area contributed by atoms with Gasteiger partial charge in [-0.05, 0) is 50.7 Å². The molecule has 1 aromatic rings. The molecule has 0 saturated heterocycles. The van der Waals surface area contributed by atoms with Crippen molar-refractivity contribution in [2.75, 3.05) is 0 Å². The lowest BCUT2D eigenvalue weighted by molar-refractivity contribution is 0.445. The Morgan fingerprint density at radius 2 is 0.852 bits per heavy atom. The van der Waals surface area contributed by atoms with Gasteiger partial charge in [0.05, 0.1) is 0 Å². The van der Waals surface area contributed by atoms with Crippen LogP contribution in [0.1, 0.15) is 114 Å². The summed E-state index contributed by atoms with van der Waals surface area (Å²) in [4.78, 5) is 0. The summed E-state index contributed by atoms with van der Waals surface area (Å²) in [7, 11) is 0. The first-order chi connectivity index (χ1) is 13.4. The quantitative estimate of drug-likeness (QED) is 0.164. The van der Waals surface area contributed by atoms with Crippen molar-refractivity contribution in [3.05, 3.63) is 49.0 Å². The largest absolute Gasteiger partial charge is 0.466 e. The van der Waals surface area contributed by atoms with Crippen LogP contribution in [0.4, 0.5) is 0 Å². The highest BCUT2D eigenvalue weighted by Crippen LogP contribution is 2.16. The summed E-state index contributed by atoms with van der Waals surface area (Å²) in [5, 5.41) is 0. The topological polar surface area (TPSA) is 13.1 Å². The van der Waals surface area contributed by atoms with Gasteiger partial charge in [0.25, 0.3) is 0 Å². The molecule has 0 unspecified atom stereocenters. The third kappa shape index (κ3) is 14.5. The van der Waals surface area contributed by atoms with E-state index in [1.165, 1.54) is 114 Å². The lowest BCUT2D eigenvalue weighted by Gasteiger charge is -2.02. The normalized spacial score (nSPS) is 11.0. The zero-order valence-corrected chi connectivity index (χ0v) is 17.9. The molecule has 0 saturated carbocycles. The van der Waals surface area contributed by atoms with Crippen LogP contribution in [0.3, 0.4) is 0 Å². The zero-order chi connectivity index (χ0) is 19.4. The van der Waals surface area contributed by atoms with Crippen LogP contribution in [0.25, 0.3) is 0 Å². The second kappa shape index (κ2) is 18.1. The van der Waals surface area contributed by atoms with Crippen molar-refractivity contribution in [1.82, 2.24) is 0 Å². The molecule has 0 aromatic carbocycles. The van der Waals surface area contributed by atoms with Gasteiger partial charge in [0.15, 0.2) is 0 Å². The maximum atomic E-state index is 6.01. The molecule has 0 aliphatic carbocycles. The molecular formula is C26H44O. The number of hydrogen-bond acceptors (Lipinski definition) is 1. The van der Waals surface area contributed by atoms with Crippen LogP contribution in [0.15, 0.2) is 41.9 Å². The van der Waals surface area contributed by atoms with Crippen molar-refractivity contribution in [3.63, 3.8) is 0 Å². The van der Waals surface area contributed by atoms with E-state index in [9.17, 15) is 0 Å². The molecule has 0 aliphatic heterocycles. The third-order valence-corrected chi connectivity index (χ3v) is 5.38. The molecule has 1 heteroatoms. The Kier molecular flexibility index (Phi) is 16.0. The van der Waals surface area contributed by atoms with Crippen molar-refractivity contribution in [2.24, 2.45) is 0 Å². The van der Waals surface area contributed by atoms with E-state index in [-0.39, 0.29) is 0 Å². The van der Waals surface area contributed by atoms with E-state index in [1.54, 1.807) is 0 Å². The SMILES string of the molecule is C=CCCCCCCCCCc1ccc(CCCCCCCCCC=C)o1. The van der Waals surface area contributed by atoms with E-state index >= 15 is 0 Å².